The van der Waals surface area contributed by atoms with Crippen molar-refractivity contribution in [1.82, 2.24) is 0 Å². The maximum atomic E-state index is 13.5. The fraction of sp³-hybridized carbons (Fsp3) is 0.100. The van der Waals surface area contributed by atoms with Gasteiger partial charge in [-0.2, -0.15) is 0 Å². The quantitative estimate of drug-likeness (QED) is 0.622. The highest BCUT2D eigenvalue weighted by Gasteiger charge is 2.19. The predicted molar refractivity (Wildman–Crippen MR) is 94.8 cm³/mol. The fourth-order valence-electron chi connectivity index (χ4n) is 2.28. The van der Waals surface area contributed by atoms with Gasteiger partial charge >= 0.3 is 5.97 Å². The van der Waals surface area contributed by atoms with Gasteiger partial charge in [-0.25, -0.2) is 13.6 Å². The maximum Gasteiger partial charge on any atom is 0.375 e. The number of para-hydroxylation sites is 1. The molecule has 0 atom stereocenters. The summed E-state index contributed by atoms with van der Waals surface area (Å²) in [5, 5.41) is 2.13. The van der Waals surface area contributed by atoms with Crippen LogP contribution in [0.4, 0.5) is 14.5 Å². The molecule has 0 unspecified atom stereocenters. The van der Waals surface area contributed by atoms with Crippen LogP contribution >= 0.6 is 0 Å². The van der Waals surface area contributed by atoms with Crippen molar-refractivity contribution in [2.75, 3.05) is 11.9 Å². The Labute approximate surface area is 158 Å². The summed E-state index contributed by atoms with van der Waals surface area (Å²) in [6.45, 7) is -0.639. The van der Waals surface area contributed by atoms with E-state index in [1.54, 1.807) is 30.3 Å². The van der Waals surface area contributed by atoms with Gasteiger partial charge in [0.25, 0.3) is 5.91 Å². The minimum Gasteiger partial charge on any atom is -0.489 e. The zero-order chi connectivity index (χ0) is 19.9. The summed E-state index contributed by atoms with van der Waals surface area (Å²) in [7, 11) is 0. The maximum absolute atomic E-state index is 13.5. The van der Waals surface area contributed by atoms with Crippen LogP contribution in [-0.2, 0) is 16.1 Å². The third-order valence-electron chi connectivity index (χ3n) is 3.61. The fourth-order valence-corrected chi connectivity index (χ4v) is 2.28. The second-order valence-corrected chi connectivity index (χ2v) is 5.63. The van der Waals surface area contributed by atoms with Crippen LogP contribution in [0.5, 0.6) is 5.75 Å². The molecule has 8 heteroatoms. The van der Waals surface area contributed by atoms with Crippen molar-refractivity contribution < 1.29 is 32.3 Å². The van der Waals surface area contributed by atoms with Crippen molar-refractivity contribution >= 4 is 17.6 Å². The van der Waals surface area contributed by atoms with Crippen molar-refractivity contribution in [2.45, 2.75) is 6.61 Å². The van der Waals surface area contributed by atoms with E-state index in [4.69, 9.17) is 13.9 Å². The molecule has 6 nitrogen and oxygen atoms in total. The smallest absolute Gasteiger partial charge is 0.375 e. The Kier molecular flexibility index (Phi) is 6.01. The van der Waals surface area contributed by atoms with Crippen molar-refractivity contribution in [3.8, 4) is 5.75 Å². The second kappa shape index (κ2) is 8.81. The monoisotopic (exact) mass is 387 g/mol. The summed E-state index contributed by atoms with van der Waals surface area (Å²) >= 11 is 0. The third kappa shape index (κ3) is 4.94. The molecule has 0 saturated heterocycles. The SMILES string of the molecule is O=C(COC(=O)c1occc1COc1ccccc1)Nc1cc(F)ccc1F. The van der Waals surface area contributed by atoms with E-state index in [0.717, 1.165) is 18.2 Å². The van der Waals surface area contributed by atoms with Crippen LogP contribution in [0.25, 0.3) is 0 Å². The summed E-state index contributed by atoms with van der Waals surface area (Å²) in [6, 6.07) is 13.1. The minimum absolute atomic E-state index is 0.0612. The van der Waals surface area contributed by atoms with E-state index in [9.17, 15) is 18.4 Å². The van der Waals surface area contributed by atoms with Crippen LogP contribution in [0.15, 0.2) is 65.3 Å². The highest BCUT2D eigenvalue weighted by Crippen LogP contribution is 2.17. The van der Waals surface area contributed by atoms with Crippen LogP contribution in [0.1, 0.15) is 16.1 Å². The van der Waals surface area contributed by atoms with Crippen LogP contribution in [0.3, 0.4) is 0 Å². The summed E-state index contributed by atoms with van der Waals surface area (Å²) in [5.41, 5.74) is 0.0847. The first kappa shape index (κ1) is 19.1. The molecule has 0 spiro atoms. The Balaban J connectivity index is 1.54. The normalized spacial score (nSPS) is 10.4. The molecule has 1 heterocycles. The Bertz CT molecular complexity index is 972. The van der Waals surface area contributed by atoms with E-state index in [1.807, 2.05) is 6.07 Å². The highest BCUT2D eigenvalue weighted by atomic mass is 19.1. The largest absolute Gasteiger partial charge is 0.489 e. The Morgan fingerprint density at radius 1 is 1.04 bits per heavy atom. The molecule has 1 aromatic heterocycles. The number of anilines is 1. The first-order valence-corrected chi connectivity index (χ1v) is 8.19. The van der Waals surface area contributed by atoms with Crippen molar-refractivity contribution in [1.29, 1.82) is 0 Å². The van der Waals surface area contributed by atoms with Gasteiger partial charge < -0.3 is 19.2 Å². The zero-order valence-electron chi connectivity index (χ0n) is 14.5. The summed E-state index contributed by atoms with van der Waals surface area (Å²) in [4.78, 5) is 23.9. The number of ether oxygens (including phenoxy) is 2. The molecule has 3 aromatic rings. The molecular weight excluding hydrogens is 372 g/mol. The van der Waals surface area contributed by atoms with Crippen LogP contribution < -0.4 is 10.1 Å². The molecular formula is C20H15F2NO5. The van der Waals surface area contributed by atoms with Gasteiger partial charge in [-0.05, 0) is 30.3 Å². The van der Waals surface area contributed by atoms with Gasteiger partial charge in [-0.3, -0.25) is 4.79 Å². The highest BCUT2D eigenvalue weighted by molar-refractivity contribution is 5.95. The zero-order valence-corrected chi connectivity index (χ0v) is 14.5. The van der Waals surface area contributed by atoms with Crippen LogP contribution in [0.2, 0.25) is 0 Å². The van der Waals surface area contributed by atoms with E-state index < -0.39 is 30.1 Å². The predicted octanol–water partition coefficient (Wildman–Crippen LogP) is 3.93. The van der Waals surface area contributed by atoms with Crippen molar-refractivity contribution in [3.63, 3.8) is 0 Å². The molecule has 2 aromatic carbocycles. The molecule has 0 saturated carbocycles. The number of benzene rings is 2. The summed E-state index contributed by atoms with van der Waals surface area (Å²) in [5.74, 6) is -2.74. The second-order valence-electron chi connectivity index (χ2n) is 5.63. The number of carbonyl (C=O) groups is 2. The average Bonchev–Trinajstić information content (AvgIpc) is 3.17. The van der Waals surface area contributed by atoms with E-state index in [-0.39, 0.29) is 18.1 Å². The van der Waals surface area contributed by atoms with E-state index >= 15 is 0 Å². The lowest BCUT2D eigenvalue weighted by molar-refractivity contribution is -0.119. The lowest BCUT2D eigenvalue weighted by atomic mass is 10.2. The molecule has 0 aliphatic carbocycles. The number of carbonyl (C=O) groups excluding carboxylic acids is 2. The van der Waals surface area contributed by atoms with Crippen LogP contribution in [0, 0.1) is 11.6 Å². The molecule has 0 aliphatic rings. The number of esters is 1. The van der Waals surface area contributed by atoms with E-state index in [0.29, 0.717) is 11.3 Å². The van der Waals surface area contributed by atoms with Gasteiger partial charge in [-0.1, -0.05) is 18.2 Å². The first-order chi connectivity index (χ1) is 13.5. The Morgan fingerprint density at radius 3 is 2.61 bits per heavy atom. The van der Waals surface area contributed by atoms with Gasteiger partial charge in [0.05, 0.1) is 12.0 Å². The number of hydrogen-bond donors (Lipinski definition) is 1. The third-order valence-corrected chi connectivity index (χ3v) is 3.61. The summed E-state index contributed by atoms with van der Waals surface area (Å²) < 4.78 is 42.1. The number of rotatable bonds is 7. The molecule has 3 rings (SSSR count). The molecule has 0 radical (unpaired) electrons. The topological polar surface area (TPSA) is 77.8 Å². The molecule has 0 bridgehead atoms. The van der Waals surface area contributed by atoms with Gasteiger partial charge in [-0.15, -0.1) is 0 Å². The Morgan fingerprint density at radius 2 is 1.82 bits per heavy atom. The van der Waals surface area contributed by atoms with Gasteiger partial charge in [0.1, 0.15) is 24.0 Å². The molecule has 144 valence electrons. The Hall–Kier alpha value is -3.68. The van der Waals surface area contributed by atoms with Crippen molar-refractivity contribution in [2.24, 2.45) is 0 Å². The van der Waals surface area contributed by atoms with Gasteiger partial charge in [0, 0.05) is 11.6 Å². The molecule has 1 amide bonds. The van der Waals surface area contributed by atoms with Crippen LogP contribution in [-0.4, -0.2) is 18.5 Å². The standard InChI is InChI=1S/C20H15F2NO5/c21-14-6-7-16(22)17(10-14)23-18(24)12-28-20(25)19-13(8-9-26-19)11-27-15-4-2-1-3-5-15/h1-10H,11-12H2,(H,23,24). The molecule has 1 N–H and O–H groups in total. The number of hydrogen-bond acceptors (Lipinski definition) is 5. The number of nitrogens with one attached hydrogen (secondary N) is 1. The minimum atomic E-state index is -0.883. The molecule has 0 aliphatic heterocycles. The van der Waals surface area contributed by atoms with E-state index in [2.05, 4.69) is 5.32 Å². The average molecular weight is 387 g/mol. The van der Waals surface area contributed by atoms with Gasteiger partial charge in [0.2, 0.25) is 5.76 Å². The number of halogens is 2. The lowest BCUT2D eigenvalue weighted by Crippen LogP contribution is -2.22. The number of amides is 1. The van der Waals surface area contributed by atoms with Gasteiger partial charge in [0.15, 0.2) is 6.61 Å². The first-order valence-electron chi connectivity index (χ1n) is 8.19. The molecule has 28 heavy (non-hydrogen) atoms. The number of furan rings is 1. The summed E-state index contributed by atoms with van der Waals surface area (Å²) in [6.07, 6.45) is 1.29. The van der Waals surface area contributed by atoms with Crippen molar-refractivity contribution in [3.05, 3.63) is 83.8 Å². The van der Waals surface area contributed by atoms with E-state index in [1.165, 1.54) is 6.26 Å². The lowest BCUT2D eigenvalue weighted by Gasteiger charge is -2.08. The molecule has 0 fully saturated rings.